The zero-order valence-corrected chi connectivity index (χ0v) is 17.1. The van der Waals surface area contributed by atoms with Crippen LogP contribution in [0.4, 0.5) is 11.4 Å². The summed E-state index contributed by atoms with van der Waals surface area (Å²) in [6.07, 6.45) is 0. The lowest BCUT2D eigenvalue weighted by atomic mass is 10.1. The molecular formula is C23H26N4O2. The monoisotopic (exact) mass is 390 g/mol. The molecule has 150 valence electrons. The summed E-state index contributed by atoms with van der Waals surface area (Å²) in [6.45, 7) is 7.93. The minimum Gasteiger partial charge on any atom is -0.441 e. The van der Waals surface area contributed by atoms with E-state index in [0.717, 1.165) is 43.0 Å². The predicted octanol–water partition coefficient (Wildman–Crippen LogP) is 3.96. The van der Waals surface area contributed by atoms with Crippen molar-refractivity contribution in [2.75, 3.05) is 43.4 Å². The number of oxazole rings is 1. The maximum atomic E-state index is 12.8. The molecule has 1 saturated heterocycles. The van der Waals surface area contributed by atoms with Gasteiger partial charge in [-0.2, -0.15) is 0 Å². The standard InChI is InChI=1S/C23H26N4O2/c1-16-15-19(27-13-11-26(3)12-14-27)9-10-20(16)24-22(28)21-17(2)29-23(25-21)18-7-5-4-6-8-18/h4-10,15H,11-14H2,1-3H3,(H,24,28). The van der Waals surface area contributed by atoms with E-state index in [4.69, 9.17) is 4.42 Å². The van der Waals surface area contributed by atoms with Crippen molar-refractivity contribution in [3.63, 3.8) is 0 Å². The van der Waals surface area contributed by atoms with E-state index in [2.05, 4.69) is 39.3 Å². The fraction of sp³-hybridized carbons (Fsp3) is 0.304. The van der Waals surface area contributed by atoms with E-state index in [9.17, 15) is 4.79 Å². The second-order valence-corrected chi connectivity index (χ2v) is 7.53. The number of anilines is 2. The number of carbonyl (C=O) groups excluding carboxylic acids is 1. The van der Waals surface area contributed by atoms with Gasteiger partial charge in [0, 0.05) is 43.1 Å². The molecule has 1 aliphatic rings. The van der Waals surface area contributed by atoms with Gasteiger partial charge in [-0.25, -0.2) is 4.98 Å². The van der Waals surface area contributed by atoms with Gasteiger partial charge in [-0.3, -0.25) is 4.79 Å². The van der Waals surface area contributed by atoms with Crippen LogP contribution in [0.15, 0.2) is 52.9 Å². The van der Waals surface area contributed by atoms with Crippen molar-refractivity contribution < 1.29 is 9.21 Å². The molecule has 2 aromatic carbocycles. The van der Waals surface area contributed by atoms with Gasteiger partial charge < -0.3 is 19.5 Å². The first-order valence-corrected chi connectivity index (χ1v) is 9.89. The molecule has 1 aliphatic heterocycles. The van der Waals surface area contributed by atoms with Crippen LogP contribution in [0.25, 0.3) is 11.5 Å². The first-order chi connectivity index (χ1) is 14.0. The maximum absolute atomic E-state index is 12.8. The van der Waals surface area contributed by atoms with Crippen molar-refractivity contribution in [3.8, 4) is 11.5 Å². The van der Waals surface area contributed by atoms with Crippen LogP contribution in [0, 0.1) is 13.8 Å². The average molecular weight is 390 g/mol. The van der Waals surface area contributed by atoms with Gasteiger partial charge in [-0.05, 0) is 56.8 Å². The lowest BCUT2D eigenvalue weighted by Crippen LogP contribution is -2.44. The molecule has 0 saturated carbocycles. The lowest BCUT2D eigenvalue weighted by Gasteiger charge is -2.34. The van der Waals surface area contributed by atoms with Gasteiger partial charge in [0.1, 0.15) is 5.76 Å². The Bertz CT molecular complexity index is 1000. The summed E-state index contributed by atoms with van der Waals surface area (Å²) in [7, 11) is 2.15. The van der Waals surface area contributed by atoms with Crippen LogP contribution in [-0.4, -0.2) is 49.0 Å². The molecule has 2 heterocycles. The highest BCUT2D eigenvalue weighted by Crippen LogP contribution is 2.26. The largest absolute Gasteiger partial charge is 0.441 e. The van der Waals surface area contributed by atoms with Crippen LogP contribution in [0.2, 0.25) is 0 Å². The normalized spacial score (nSPS) is 14.8. The van der Waals surface area contributed by atoms with Gasteiger partial charge in [0.15, 0.2) is 5.69 Å². The second kappa shape index (κ2) is 8.09. The number of nitrogens with zero attached hydrogens (tertiary/aromatic N) is 3. The molecule has 0 unspecified atom stereocenters. The van der Waals surface area contributed by atoms with Crippen molar-refractivity contribution in [3.05, 3.63) is 65.5 Å². The van der Waals surface area contributed by atoms with E-state index in [1.807, 2.05) is 43.3 Å². The van der Waals surface area contributed by atoms with E-state index >= 15 is 0 Å². The summed E-state index contributed by atoms with van der Waals surface area (Å²) >= 11 is 0. The number of nitrogens with one attached hydrogen (secondary N) is 1. The zero-order valence-electron chi connectivity index (χ0n) is 17.1. The molecule has 4 rings (SSSR count). The van der Waals surface area contributed by atoms with E-state index in [-0.39, 0.29) is 5.91 Å². The molecule has 29 heavy (non-hydrogen) atoms. The minimum atomic E-state index is -0.260. The number of carbonyl (C=O) groups is 1. The Morgan fingerprint density at radius 1 is 1.03 bits per heavy atom. The molecular weight excluding hydrogens is 364 g/mol. The van der Waals surface area contributed by atoms with E-state index in [1.54, 1.807) is 6.92 Å². The van der Waals surface area contributed by atoms with Gasteiger partial charge in [-0.1, -0.05) is 18.2 Å². The van der Waals surface area contributed by atoms with Gasteiger partial charge in [0.05, 0.1) is 0 Å². The van der Waals surface area contributed by atoms with E-state index in [1.165, 1.54) is 5.69 Å². The quantitative estimate of drug-likeness (QED) is 0.731. The summed E-state index contributed by atoms with van der Waals surface area (Å²) in [5.41, 5.74) is 4.17. The Labute approximate surface area is 171 Å². The number of benzene rings is 2. The summed E-state index contributed by atoms with van der Waals surface area (Å²) in [6, 6.07) is 15.8. The molecule has 0 radical (unpaired) electrons. The SMILES string of the molecule is Cc1cc(N2CCN(C)CC2)ccc1NC(=O)c1nc(-c2ccccc2)oc1C. The highest BCUT2D eigenvalue weighted by atomic mass is 16.4. The molecule has 0 atom stereocenters. The van der Waals surface area contributed by atoms with E-state index < -0.39 is 0 Å². The number of amides is 1. The van der Waals surface area contributed by atoms with Crippen molar-refractivity contribution in [2.24, 2.45) is 0 Å². The highest BCUT2D eigenvalue weighted by Gasteiger charge is 2.20. The molecule has 1 aromatic heterocycles. The number of piperazine rings is 1. The maximum Gasteiger partial charge on any atom is 0.277 e. The Hall–Kier alpha value is -3.12. The topological polar surface area (TPSA) is 61.6 Å². The van der Waals surface area contributed by atoms with Crippen molar-refractivity contribution in [2.45, 2.75) is 13.8 Å². The summed E-state index contributed by atoms with van der Waals surface area (Å²) in [5, 5.41) is 2.98. The Kier molecular flexibility index (Phi) is 5.36. The summed E-state index contributed by atoms with van der Waals surface area (Å²) in [5.74, 6) is 0.701. The fourth-order valence-electron chi connectivity index (χ4n) is 3.54. The zero-order chi connectivity index (χ0) is 20.4. The Morgan fingerprint density at radius 3 is 2.45 bits per heavy atom. The molecule has 0 aliphatic carbocycles. The third-order valence-electron chi connectivity index (χ3n) is 5.36. The van der Waals surface area contributed by atoms with Crippen LogP contribution in [0.1, 0.15) is 21.8 Å². The first kappa shape index (κ1) is 19.2. The number of aryl methyl sites for hydroxylation is 2. The van der Waals surface area contributed by atoms with Crippen LogP contribution < -0.4 is 10.2 Å². The fourth-order valence-corrected chi connectivity index (χ4v) is 3.54. The summed E-state index contributed by atoms with van der Waals surface area (Å²) in [4.78, 5) is 21.9. The van der Waals surface area contributed by atoms with E-state index in [0.29, 0.717) is 17.3 Å². The molecule has 0 spiro atoms. The molecule has 1 amide bonds. The number of hydrogen-bond donors (Lipinski definition) is 1. The Balaban J connectivity index is 1.49. The first-order valence-electron chi connectivity index (χ1n) is 9.89. The van der Waals surface area contributed by atoms with Crippen LogP contribution >= 0.6 is 0 Å². The molecule has 1 fully saturated rings. The van der Waals surface area contributed by atoms with Crippen LogP contribution in [0.5, 0.6) is 0 Å². The van der Waals surface area contributed by atoms with Crippen LogP contribution in [0.3, 0.4) is 0 Å². The van der Waals surface area contributed by atoms with Gasteiger partial charge >= 0.3 is 0 Å². The lowest BCUT2D eigenvalue weighted by molar-refractivity contribution is 0.102. The molecule has 6 heteroatoms. The van der Waals surface area contributed by atoms with Gasteiger partial charge in [0.2, 0.25) is 5.89 Å². The molecule has 3 aromatic rings. The number of rotatable bonds is 4. The molecule has 1 N–H and O–H groups in total. The van der Waals surface area contributed by atoms with Crippen molar-refractivity contribution in [1.29, 1.82) is 0 Å². The molecule has 6 nitrogen and oxygen atoms in total. The third-order valence-corrected chi connectivity index (χ3v) is 5.36. The average Bonchev–Trinajstić information content (AvgIpc) is 3.12. The van der Waals surface area contributed by atoms with Gasteiger partial charge in [-0.15, -0.1) is 0 Å². The van der Waals surface area contributed by atoms with Crippen molar-refractivity contribution in [1.82, 2.24) is 9.88 Å². The minimum absolute atomic E-state index is 0.260. The predicted molar refractivity (Wildman–Crippen MR) is 116 cm³/mol. The smallest absolute Gasteiger partial charge is 0.277 e. The van der Waals surface area contributed by atoms with Crippen molar-refractivity contribution >= 4 is 17.3 Å². The highest BCUT2D eigenvalue weighted by molar-refractivity contribution is 6.04. The third kappa shape index (κ3) is 4.17. The summed E-state index contributed by atoms with van der Waals surface area (Å²) < 4.78 is 5.71. The Morgan fingerprint density at radius 2 is 1.76 bits per heavy atom. The van der Waals surface area contributed by atoms with Gasteiger partial charge in [0.25, 0.3) is 5.91 Å². The molecule has 0 bridgehead atoms. The second-order valence-electron chi connectivity index (χ2n) is 7.53. The number of hydrogen-bond acceptors (Lipinski definition) is 5. The van der Waals surface area contributed by atoms with Crippen LogP contribution in [-0.2, 0) is 0 Å². The number of aromatic nitrogens is 1. The number of likely N-dealkylation sites (N-methyl/N-ethyl adjacent to an activating group) is 1.